The number of hydrogen-bond acceptors (Lipinski definition) is 3. The predicted molar refractivity (Wildman–Crippen MR) is 90.2 cm³/mol. The van der Waals surface area contributed by atoms with E-state index in [1.807, 2.05) is 12.1 Å². The van der Waals surface area contributed by atoms with Crippen LogP contribution in [0, 0.1) is 5.82 Å². The zero-order valence-corrected chi connectivity index (χ0v) is 13.5. The molecule has 0 heterocycles. The molecule has 0 saturated heterocycles. The van der Waals surface area contributed by atoms with E-state index in [1.54, 1.807) is 24.3 Å². The molecule has 0 spiro atoms. The van der Waals surface area contributed by atoms with Crippen molar-refractivity contribution in [2.45, 2.75) is 25.5 Å². The number of ether oxygens (including phenoxy) is 1. The van der Waals surface area contributed by atoms with Gasteiger partial charge in [0.05, 0.1) is 12.0 Å². The molecule has 0 aliphatic rings. The van der Waals surface area contributed by atoms with E-state index in [-0.39, 0.29) is 18.1 Å². The van der Waals surface area contributed by atoms with E-state index in [1.165, 1.54) is 25.1 Å². The Morgan fingerprint density at radius 1 is 1.21 bits per heavy atom. The van der Waals surface area contributed by atoms with Crippen LogP contribution in [0.5, 0.6) is 11.5 Å². The average Bonchev–Trinajstić information content (AvgIpc) is 2.56. The summed E-state index contributed by atoms with van der Waals surface area (Å²) in [6.07, 6.45) is 1.30. The second kappa shape index (κ2) is 7.75. The SMILES string of the molecule is C=CC(C)(O)CC(=O)NCc1ccc(Oc2ccc(F)cc2)cc1. The smallest absolute Gasteiger partial charge is 0.223 e. The fourth-order valence-electron chi connectivity index (χ4n) is 1.97. The highest BCUT2D eigenvalue weighted by Crippen LogP contribution is 2.21. The largest absolute Gasteiger partial charge is 0.457 e. The van der Waals surface area contributed by atoms with Gasteiger partial charge in [-0.2, -0.15) is 0 Å². The Kier molecular flexibility index (Phi) is 5.71. The molecule has 126 valence electrons. The minimum atomic E-state index is -1.21. The van der Waals surface area contributed by atoms with E-state index in [2.05, 4.69) is 11.9 Å². The molecular formula is C19H20FNO3. The average molecular weight is 329 g/mol. The van der Waals surface area contributed by atoms with Crippen molar-refractivity contribution in [2.24, 2.45) is 0 Å². The highest BCUT2D eigenvalue weighted by atomic mass is 19.1. The Bertz CT molecular complexity index is 694. The molecule has 5 heteroatoms. The van der Waals surface area contributed by atoms with Crippen molar-refractivity contribution in [3.63, 3.8) is 0 Å². The minimum Gasteiger partial charge on any atom is -0.457 e. The number of amides is 1. The fraction of sp³-hybridized carbons (Fsp3) is 0.211. The Hall–Kier alpha value is -2.66. The third-order valence-electron chi connectivity index (χ3n) is 3.42. The van der Waals surface area contributed by atoms with Crippen molar-refractivity contribution in [1.29, 1.82) is 0 Å². The lowest BCUT2D eigenvalue weighted by atomic mass is 10.0. The van der Waals surface area contributed by atoms with E-state index >= 15 is 0 Å². The van der Waals surface area contributed by atoms with Crippen LogP contribution in [0.3, 0.4) is 0 Å². The zero-order valence-electron chi connectivity index (χ0n) is 13.5. The summed E-state index contributed by atoms with van der Waals surface area (Å²) in [4.78, 5) is 11.8. The Balaban J connectivity index is 1.87. The van der Waals surface area contributed by atoms with E-state index in [9.17, 15) is 14.3 Å². The first-order valence-electron chi connectivity index (χ1n) is 7.53. The van der Waals surface area contributed by atoms with Gasteiger partial charge < -0.3 is 15.2 Å². The summed E-state index contributed by atoms with van der Waals surface area (Å²) in [7, 11) is 0. The molecule has 1 amide bonds. The first kappa shape index (κ1) is 17.7. The monoisotopic (exact) mass is 329 g/mol. The molecule has 0 saturated carbocycles. The summed E-state index contributed by atoms with van der Waals surface area (Å²) in [5.74, 6) is 0.589. The van der Waals surface area contributed by atoms with Gasteiger partial charge in [0, 0.05) is 6.54 Å². The van der Waals surface area contributed by atoms with Crippen LogP contribution in [0.1, 0.15) is 18.9 Å². The molecule has 2 rings (SSSR count). The van der Waals surface area contributed by atoms with Gasteiger partial charge in [-0.3, -0.25) is 4.79 Å². The molecule has 24 heavy (non-hydrogen) atoms. The van der Waals surface area contributed by atoms with Crippen LogP contribution in [-0.2, 0) is 11.3 Å². The molecule has 0 aliphatic heterocycles. The van der Waals surface area contributed by atoms with Gasteiger partial charge in [0.2, 0.25) is 5.91 Å². The summed E-state index contributed by atoms with van der Waals surface area (Å²) >= 11 is 0. The third-order valence-corrected chi connectivity index (χ3v) is 3.42. The molecule has 1 atom stereocenters. The minimum absolute atomic E-state index is 0.0394. The lowest BCUT2D eigenvalue weighted by Crippen LogP contribution is -2.32. The van der Waals surface area contributed by atoms with E-state index < -0.39 is 5.60 Å². The molecule has 2 N–H and O–H groups in total. The van der Waals surface area contributed by atoms with Crippen molar-refractivity contribution in [2.75, 3.05) is 0 Å². The van der Waals surface area contributed by atoms with Gasteiger partial charge in [0.25, 0.3) is 0 Å². The Labute approximate surface area is 140 Å². The number of benzene rings is 2. The second-order valence-corrected chi connectivity index (χ2v) is 5.71. The van der Waals surface area contributed by atoms with Gasteiger partial charge in [-0.05, 0) is 48.9 Å². The van der Waals surface area contributed by atoms with Crippen molar-refractivity contribution in [3.8, 4) is 11.5 Å². The van der Waals surface area contributed by atoms with Gasteiger partial charge >= 0.3 is 0 Å². The molecule has 0 fully saturated rings. The van der Waals surface area contributed by atoms with Crippen LogP contribution < -0.4 is 10.1 Å². The molecule has 4 nitrogen and oxygen atoms in total. The summed E-state index contributed by atoms with van der Waals surface area (Å²) in [5.41, 5.74) is -0.315. The number of nitrogens with one attached hydrogen (secondary N) is 1. The van der Waals surface area contributed by atoms with Gasteiger partial charge in [0.1, 0.15) is 17.3 Å². The highest BCUT2D eigenvalue weighted by molar-refractivity contribution is 5.77. The maximum absolute atomic E-state index is 12.8. The topological polar surface area (TPSA) is 58.6 Å². The summed E-state index contributed by atoms with van der Waals surface area (Å²) in [5, 5.41) is 12.5. The molecular weight excluding hydrogens is 309 g/mol. The van der Waals surface area contributed by atoms with Crippen LogP contribution in [0.15, 0.2) is 61.2 Å². The molecule has 0 radical (unpaired) electrons. The van der Waals surface area contributed by atoms with Gasteiger partial charge in [-0.15, -0.1) is 6.58 Å². The van der Waals surface area contributed by atoms with Crippen LogP contribution in [0.2, 0.25) is 0 Å². The number of hydrogen-bond donors (Lipinski definition) is 2. The Morgan fingerprint density at radius 2 is 1.75 bits per heavy atom. The number of carbonyl (C=O) groups is 1. The summed E-state index contributed by atoms with van der Waals surface area (Å²) in [6, 6.07) is 12.9. The zero-order chi connectivity index (χ0) is 17.6. The summed E-state index contributed by atoms with van der Waals surface area (Å²) in [6.45, 7) is 5.37. The van der Waals surface area contributed by atoms with Gasteiger partial charge in [0.15, 0.2) is 0 Å². The van der Waals surface area contributed by atoms with Crippen molar-refractivity contribution in [1.82, 2.24) is 5.32 Å². The standard InChI is InChI=1S/C19H20FNO3/c1-3-19(2,23)12-18(22)21-13-14-4-8-16(9-5-14)24-17-10-6-15(20)7-11-17/h3-11,23H,1,12-13H2,2H3,(H,21,22). The molecule has 2 aromatic carbocycles. The molecule has 0 aliphatic carbocycles. The van der Waals surface area contributed by atoms with E-state index in [0.717, 1.165) is 5.56 Å². The number of aliphatic hydroxyl groups is 1. The van der Waals surface area contributed by atoms with Crippen molar-refractivity contribution in [3.05, 3.63) is 72.6 Å². The van der Waals surface area contributed by atoms with E-state index in [4.69, 9.17) is 4.74 Å². The van der Waals surface area contributed by atoms with Gasteiger partial charge in [-0.25, -0.2) is 4.39 Å². The molecule has 0 bridgehead atoms. The van der Waals surface area contributed by atoms with Crippen LogP contribution in [0.25, 0.3) is 0 Å². The fourth-order valence-corrected chi connectivity index (χ4v) is 1.97. The number of carbonyl (C=O) groups excluding carboxylic acids is 1. The van der Waals surface area contributed by atoms with Crippen LogP contribution in [-0.4, -0.2) is 16.6 Å². The van der Waals surface area contributed by atoms with Crippen LogP contribution >= 0.6 is 0 Å². The normalized spacial score (nSPS) is 13.0. The maximum Gasteiger partial charge on any atom is 0.223 e. The lowest BCUT2D eigenvalue weighted by Gasteiger charge is -2.17. The van der Waals surface area contributed by atoms with Gasteiger partial charge in [-0.1, -0.05) is 18.2 Å². The quantitative estimate of drug-likeness (QED) is 0.764. The number of halogens is 1. The second-order valence-electron chi connectivity index (χ2n) is 5.71. The molecule has 2 aromatic rings. The molecule has 1 unspecified atom stereocenters. The Morgan fingerprint density at radius 3 is 2.29 bits per heavy atom. The summed E-state index contributed by atoms with van der Waals surface area (Å²) < 4.78 is 18.4. The van der Waals surface area contributed by atoms with E-state index in [0.29, 0.717) is 18.0 Å². The highest BCUT2D eigenvalue weighted by Gasteiger charge is 2.19. The van der Waals surface area contributed by atoms with Crippen molar-refractivity contribution >= 4 is 5.91 Å². The first-order chi connectivity index (χ1) is 11.4. The van der Waals surface area contributed by atoms with Crippen molar-refractivity contribution < 1.29 is 19.0 Å². The maximum atomic E-state index is 12.8. The molecule has 0 aromatic heterocycles. The predicted octanol–water partition coefficient (Wildman–Crippen LogP) is 3.56. The third kappa shape index (κ3) is 5.52. The van der Waals surface area contributed by atoms with Crippen LogP contribution in [0.4, 0.5) is 4.39 Å². The lowest BCUT2D eigenvalue weighted by molar-refractivity contribution is -0.124. The first-order valence-corrected chi connectivity index (χ1v) is 7.53. The number of rotatable bonds is 7.